The molecule has 2 saturated heterocycles. The standard InChI is InChI=1S/C21H28N2O2/c1-3-23-17-9-5-4-8-16(17)21-10-12-22-11-6-7-14(18(21)22)13-15(19(21)23)20(24)25-2/h4-5,8-9,14-15,18-19H,3,6-7,10-13H2,1-2H3/t14-,15+,18+,19+,21-/m1/s1/i15D. The summed E-state index contributed by atoms with van der Waals surface area (Å²) in [5, 5.41) is 0. The number of anilines is 1. The molecule has 1 saturated carbocycles. The van der Waals surface area contributed by atoms with Crippen molar-refractivity contribution in [3.63, 3.8) is 0 Å². The fourth-order valence-corrected chi connectivity index (χ4v) is 6.69. The van der Waals surface area contributed by atoms with Crippen LogP contribution in [0.5, 0.6) is 0 Å². The molecule has 1 aromatic rings. The Morgan fingerprint density at radius 1 is 1.36 bits per heavy atom. The van der Waals surface area contributed by atoms with Crippen molar-refractivity contribution in [3.8, 4) is 0 Å². The number of nitrogens with zero attached hydrogens (tertiary/aromatic N) is 2. The molecule has 0 amide bonds. The third-order valence-corrected chi connectivity index (χ3v) is 7.32. The molecule has 0 N–H and O–H groups in total. The molecular weight excluding hydrogens is 312 g/mol. The zero-order valence-corrected chi connectivity index (χ0v) is 15.2. The van der Waals surface area contributed by atoms with Gasteiger partial charge < -0.3 is 9.64 Å². The van der Waals surface area contributed by atoms with Gasteiger partial charge in [-0.15, -0.1) is 0 Å². The van der Waals surface area contributed by atoms with Gasteiger partial charge in [0.15, 0.2) is 0 Å². The number of hydrogen-bond acceptors (Lipinski definition) is 4. The molecule has 1 spiro atoms. The van der Waals surface area contributed by atoms with Crippen LogP contribution in [0.3, 0.4) is 0 Å². The minimum absolute atomic E-state index is 0.119. The largest absolute Gasteiger partial charge is 0.469 e. The van der Waals surface area contributed by atoms with Crippen molar-refractivity contribution in [2.75, 3.05) is 31.6 Å². The van der Waals surface area contributed by atoms with E-state index in [9.17, 15) is 6.17 Å². The summed E-state index contributed by atoms with van der Waals surface area (Å²) in [5.74, 6) is -1.14. The van der Waals surface area contributed by atoms with Gasteiger partial charge in [-0.05, 0) is 63.2 Å². The number of methoxy groups -OCH3 is 1. The molecular formula is C21H28N2O2. The number of piperidine rings is 1. The summed E-state index contributed by atoms with van der Waals surface area (Å²) in [6.45, 7) is 5.21. The van der Waals surface area contributed by atoms with Crippen LogP contribution in [0, 0.1) is 11.8 Å². The van der Waals surface area contributed by atoms with Crippen LogP contribution in [0.25, 0.3) is 0 Å². The summed E-state index contributed by atoms with van der Waals surface area (Å²) in [6.07, 6.45) is 3.97. The van der Waals surface area contributed by atoms with Crippen LogP contribution in [0.1, 0.15) is 39.5 Å². The van der Waals surface area contributed by atoms with Crippen LogP contribution < -0.4 is 4.90 Å². The number of fused-ring (bicyclic) bond motifs is 1. The average molecular weight is 341 g/mol. The quantitative estimate of drug-likeness (QED) is 0.775. The minimum atomic E-state index is -1.20. The highest BCUT2D eigenvalue weighted by Gasteiger charge is 2.67. The fraction of sp³-hybridized carbons (Fsp3) is 0.667. The van der Waals surface area contributed by atoms with Gasteiger partial charge in [0.05, 0.1) is 19.0 Å². The van der Waals surface area contributed by atoms with Gasteiger partial charge in [-0.3, -0.25) is 9.69 Å². The summed E-state index contributed by atoms with van der Waals surface area (Å²) < 4.78 is 14.6. The van der Waals surface area contributed by atoms with Crippen LogP contribution in [0.4, 0.5) is 5.69 Å². The maximum Gasteiger partial charge on any atom is 0.310 e. The van der Waals surface area contributed by atoms with Crippen molar-refractivity contribution in [2.45, 2.75) is 50.1 Å². The van der Waals surface area contributed by atoms with Gasteiger partial charge in [0.1, 0.15) is 0 Å². The molecule has 1 aromatic carbocycles. The topological polar surface area (TPSA) is 32.8 Å². The van der Waals surface area contributed by atoms with Gasteiger partial charge in [0.25, 0.3) is 0 Å². The molecule has 3 fully saturated rings. The van der Waals surface area contributed by atoms with Gasteiger partial charge in [-0.2, -0.15) is 0 Å². The lowest BCUT2D eigenvalue weighted by molar-refractivity contribution is -0.150. The second kappa shape index (κ2) is 5.47. The minimum Gasteiger partial charge on any atom is -0.469 e. The lowest BCUT2D eigenvalue weighted by Crippen LogP contribution is -2.64. The number of carbonyl (C=O) groups is 1. The third-order valence-electron chi connectivity index (χ3n) is 7.32. The second-order valence-corrected chi connectivity index (χ2v) is 8.10. The molecule has 3 heterocycles. The van der Waals surface area contributed by atoms with Gasteiger partial charge in [-0.1, -0.05) is 18.2 Å². The molecule has 3 aliphatic heterocycles. The molecule has 4 nitrogen and oxygen atoms in total. The Balaban J connectivity index is 1.77. The highest BCUT2D eigenvalue weighted by atomic mass is 16.5. The molecule has 0 radical (unpaired) electrons. The van der Waals surface area contributed by atoms with Gasteiger partial charge in [-0.25, -0.2) is 0 Å². The molecule has 4 heteroatoms. The van der Waals surface area contributed by atoms with Crippen LogP contribution in [-0.2, 0) is 14.9 Å². The Kier molecular flexibility index (Phi) is 3.20. The molecule has 134 valence electrons. The highest BCUT2D eigenvalue weighted by molar-refractivity contribution is 5.78. The Morgan fingerprint density at radius 2 is 2.20 bits per heavy atom. The number of esters is 1. The van der Waals surface area contributed by atoms with Crippen molar-refractivity contribution in [3.05, 3.63) is 29.8 Å². The summed E-state index contributed by atoms with van der Waals surface area (Å²) in [6, 6.07) is 8.99. The first-order valence-corrected chi connectivity index (χ1v) is 9.76. The summed E-state index contributed by atoms with van der Waals surface area (Å²) in [5.41, 5.74) is 2.48. The molecule has 5 atom stereocenters. The van der Waals surface area contributed by atoms with Crippen molar-refractivity contribution < 1.29 is 10.9 Å². The van der Waals surface area contributed by atoms with Crippen LogP contribution in [0.15, 0.2) is 24.3 Å². The number of benzene rings is 1. The summed E-state index contributed by atoms with van der Waals surface area (Å²) in [4.78, 5) is 17.9. The van der Waals surface area contributed by atoms with E-state index < -0.39 is 5.89 Å². The molecule has 0 bridgehead atoms. The number of likely N-dealkylation sites (N-methyl/N-ethyl adjacent to an activating group) is 1. The molecule has 25 heavy (non-hydrogen) atoms. The number of carbonyl (C=O) groups excluding carboxylic acids is 1. The first kappa shape index (κ1) is 14.6. The Labute approximate surface area is 151 Å². The van der Waals surface area contributed by atoms with Crippen LogP contribution >= 0.6 is 0 Å². The lowest BCUT2D eigenvalue weighted by Gasteiger charge is -2.54. The van der Waals surface area contributed by atoms with E-state index in [-0.39, 0.29) is 17.4 Å². The van der Waals surface area contributed by atoms with E-state index in [1.165, 1.54) is 24.8 Å². The maximum atomic E-state index is 12.9. The van der Waals surface area contributed by atoms with Gasteiger partial charge in [0.2, 0.25) is 0 Å². The lowest BCUT2D eigenvalue weighted by atomic mass is 9.56. The zero-order valence-electron chi connectivity index (χ0n) is 16.2. The van der Waals surface area contributed by atoms with Crippen molar-refractivity contribution in [2.24, 2.45) is 11.8 Å². The third kappa shape index (κ3) is 1.84. The van der Waals surface area contributed by atoms with E-state index in [1.807, 2.05) is 0 Å². The van der Waals surface area contributed by atoms with Gasteiger partial charge >= 0.3 is 5.97 Å². The number of ether oxygens (including phenoxy) is 1. The molecule has 4 aliphatic rings. The van der Waals surface area contributed by atoms with Crippen molar-refractivity contribution in [1.29, 1.82) is 0 Å². The average Bonchev–Trinajstić information content (AvgIpc) is 3.20. The van der Waals surface area contributed by atoms with E-state index in [0.717, 1.165) is 32.5 Å². The Bertz CT molecular complexity index is 755. The van der Waals surface area contributed by atoms with E-state index in [0.29, 0.717) is 18.4 Å². The van der Waals surface area contributed by atoms with Crippen LogP contribution in [-0.4, -0.2) is 49.7 Å². The van der Waals surface area contributed by atoms with Gasteiger partial charge in [0, 0.05) is 25.1 Å². The molecule has 1 aliphatic carbocycles. The Hall–Kier alpha value is -1.55. The first-order chi connectivity index (χ1) is 12.6. The number of para-hydroxylation sites is 1. The maximum absolute atomic E-state index is 12.9. The zero-order chi connectivity index (χ0) is 18.1. The van der Waals surface area contributed by atoms with Crippen LogP contribution in [0.2, 0.25) is 0 Å². The van der Waals surface area contributed by atoms with E-state index >= 15 is 0 Å². The fourth-order valence-electron chi connectivity index (χ4n) is 6.69. The highest BCUT2D eigenvalue weighted by Crippen LogP contribution is 2.62. The number of rotatable bonds is 2. The van der Waals surface area contributed by atoms with E-state index in [2.05, 4.69) is 41.0 Å². The van der Waals surface area contributed by atoms with E-state index in [1.54, 1.807) is 0 Å². The van der Waals surface area contributed by atoms with Crippen molar-refractivity contribution in [1.82, 2.24) is 4.90 Å². The second-order valence-electron chi connectivity index (χ2n) is 8.10. The summed E-state index contributed by atoms with van der Waals surface area (Å²) >= 11 is 0. The molecule has 5 rings (SSSR count). The predicted molar refractivity (Wildman–Crippen MR) is 97.8 cm³/mol. The number of hydrogen-bond donors (Lipinski definition) is 0. The summed E-state index contributed by atoms with van der Waals surface area (Å²) in [7, 11) is 1.44. The van der Waals surface area contributed by atoms with Crippen molar-refractivity contribution >= 4 is 11.7 Å². The normalized spacial score (nSPS) is 42.4. The first-order valence-electron chi connectivity index (χ1n) is 10.3. The monoisotopic (exact) mass is 341 g/mol. The Morgan fingerprint density at radius 3 is 3.00 bits per heavy atom. The molecule has 0 unspecified atom stereocenters. The smallest absolute Gasteiger partial charge is 0.310 e. The SMILES string of the molecule is [2H][C@]1(C(=O)OC)C[C@H]2CCCN3CC[C@@]4(c5ccccc5N(CC)[C@H]41)[C@H]23. The predicted octanol–water partition coefficient (Wildman–Crippen LogP) is 2.81. The van der Waals surface area contributed by atoms with E-state index in [4.69, 9.17) is 4.74 Å². The molecule has 0 aromatic heterocycles.